The van der Waals surface area contributed by atoms with Crippen LogP contribution in [0.1, 0.15) is 47.5 Å². The number of aromatic nitrogens is 1. The molecule has 1 saturated heterocycles. The third-order valence-corrected chi connectivity index (χ3v) is 7.13. The summed E-state index contributed by atoms with van der Waals surface area (Å²) in [6, 6.07) is 6.91. The van der Waals surface area contributed by atoms with Gasteiger partial charge in [-0.2, -0.15) is 8.42 Å². The summed E-state index contributed by atoms with van der Waals surface area (Å²) in [5, 5.41) is 7.26. The molecule has 0 N–H and O–H groups in total. The molecule has 1 aromatic heterocycles. The lowest BCUT2D eigenvalue weighted by molar-refractivity contribution is -0.132. The Balaban J connectivity index is 1.38. The summed E-state index contributed by atoms with van der Waals surface area (Å²) in [7, 11) is 0.154. The highest BCUT2D eigenvalue weighted by Gasteiger charge is 2.30. The van der Waals surface area contributed by atoms with Crippen LogP contribution in [0.3, 0.4) is 0 Å². The van der Waals surface area contributed by atoms with Crippen molar-refractivity contribution in [3.63, 3.8) is 0 Å². The second-order valence-electron chi connectivity index (χ2n) is 8.63. The Morgan fingerprint density at radius 1 is 1.27 bits per heavy atom. The first-order valence-corrected chi connectivity index (χ1v) is 13.5. The molecule has 1 amide bonds. The van der Waals surface area contributed by atoms with Gasteiger partial charge in [0.25, 0.3) is 0 Å². The van der Waals surface area contributed by atoms with Crippen LogP contribution >= 0.6 is 11.3 Å². The number of carbonyl (C=O) groups is 1. The Kier molecular flexibility index (Phi) is 7.01. The first-order valence-electron chi connectivity index (χ1n) is 10.8. The second-order valence-corrected chi connectivity index (χ2v) is 11.1. The van der Waals surface area contributed by atoms with Gasteiger partial charge in [-0.3, -0.25) is 4.79 Å². The number of oxime groups is 1. The number of carbonyl (C=O) groups excluding carboxylic acids is 1. The second kappa shape index (κ2) is 9.78. The average molecular weight is 493 g/mol. The van der Waals surface area contributed by atoms with E-state index < -0.39 is 16.2 Å². The van der Waals surface area contributed by atoms with Crippen molar-refractivity contribution in [3.8, 4) is 5.75 Å². The van der Waals surface area contributed by atoms with Gasteiger partial charge in [0, 0.05) is 36.4 Å². The smallest absolute Gasteiger partial charge is 0.306 e. The number of piperidine rings is 1. The zero-order valence-electron chi connectivity index (χ0n) is 18.9. The largest absolute Gasteiger partial charge is 0.387 e. The molecule has 33 heavy (non-hydrogen) atoms. The van der Waals surface area contributed by atoms with Crippen LogP contribution in [-0.2, 0) is 19.8 Å². The predicted molar refractivity (Wildman–Crippen MR) is 126 cm³/mol. The summed E-state index contributed by atoms with van der Waals surface area (Å²) >= 11 is 1.61. The summed E-state index contributed by atoms with van der Waals surface area (Å²) in [5.74, 6) is 0.743. The first kappa shape index (κ1) is 23.7. The molecule has 11 heteroatoms. The van der Waals surface area contributed by atoms with Crippen molar-refractivity contribution in [2.24, 2.45) is 5.16 Å². The molecule has 3 heterocycles. The van der Waals surface area contributed by atoms with E-state index in [2.05, 4.69) is 5.16 Å². The van der Waals surface area contributed by atoms with Gasteiger partial charge in [-0.1, -0.05) is 23.4 Å². The zero-order valence-corrected chi connectivity index (χ0v) is 20.6. The fourth-order valence-corrected chi connectivity index (χ4v) is 5.51. The van der Waals surface area contributed by atoms with Gasteiger partial charge in [0.05, 0.1) is 23.5 Å². The summed E-state index contributed by atoms with van der Waals surface area (Å²) in [5.41, 5.74) is 2.15. The molecule has 178 valence electrons. The van der Waals surface area contributed by atoms with E-state index in [4.69, 9.17) is 14.0 Å². The zero-order chi connectivity index (χ0) is 23.6. The number of thiazole rings is 1. The van der Waals surface area contributed by atoms with E-state index in [-0.39, 0.29) is 11.7 Å². The Hall–Kier alpha value is -2.50. The Morgan fingerprint density at radius 2 is 2.00 bits per heavy atom. The van der Waals surface area contributed by atoms with Gasteiger partial charge in [-0.25, -0.2) is 4.98 Å². The Bertz CT molecular complexity index is 1140. The fourth-order valence-electron chi connectivity index (χ4n) is 4.03. The minimum absolute atomic E-state index is 0.168. The Labute approximate surface area is 198 Å². The van der Waals surface area contributed by atoms with E-state index in [1.807, 2.05) is 35.3 Å². The molecule has 0 saturated carbocycles. The van der Waals surface area contributed by atoms with E-state index in [0.717, 1.165) is 48.6 Å². The average Bonchev–Trinajstić information content (AvgIpc) is 3.42. The predicted octanol–water partition coefficient (Wildman–Crippen LogP) is 2.61. The number of likely N-dealkylation sites (N-methyl/N-ethyl adjacent to an activating group) is 1. The highest BCUT2D eigenvalue weighted by atomic mass is 32.2. The molecule has 1 aromatic carbocycles. The molecule has 1 unspecified atom stereocenters. The summed E-state index contributed by atoms with van der Waals surface area (Å²) in [6.07, 6.45) is 2.85. The van der Waals surface area contributed by atoms with E-state index in [0.29, 0.717) is 24.4 Å². The normalized spacial score (nSPS) is 19.5. The number of rotatable bonds is 7. The highest BCUT2D eigenvalue weighted by molar-refractivity contribution is 7.86. The van der Waals surface area contributed by atoms with Crippen molar-refractivity contribution in [1.82, 2.24) is 14.8 Å². The van der Waals surface area contributed by atoms with Crippen molar-refractivity contribution < 1.29 is 22.2 Å². The van der Waals surface area contributed by atoms with Crippen molar-refractivity contribution in [1.29, 1.82) is 0 Å². The maximum Gasteiger partial charge on any atom is 0.306 e. The maximum absolute atomic E-state index is 12.3. The first-order chi connectivity index (χ1) is 15.7. The van der Waals surface area contributed by atoms with E-state index in [9.17, 15) is 13.2 Å². The maximum atomic E-state index is 12.3. The highest BCUT2D eigenvalue weighted by Crippen LogP contribution is 2.37. The van der Waals surface area contributed by atoms with E-state index >= 15 is 0 Å². The van der Waals surface area contributed by atoms with Crippen LogP contribution in [0.5, 0.6) is 5.75 Å². The minimum Gasteiger partial charge on any atom is -0.387 e. The van der Waals surface area contributed by atoms with Crippen LogP contribution in [0.4, 0.5) is 0 Å². The molecule has 4 rings (SSSR count). The topological polar surface area (TPSA) is 101 Å². The van der Waals surface area contributed by atoms with Crippen LogP contribution in [0.25, 0.3) is 0 Å². The number of para-hydroxylation sites is 1. The van der Waals surface area contributed by atoms with E-state index in [1.165, 1.54) is 0 Å². The molecule has 0 spiro atoms. The van der Waals surface area contributed by atoms with Gasteiger partial charge in [0.2, 0.25) is 5.91 Å². The molecule has 1 atom stereocenters. The lowest BCUT2D eigenvalue weighted by Crippen LogP contribution is -2.42. The standard InChI is InChI=1S/C22H28N4O5S2/c1-25(2)13-21(27)26-10-8-15(9-11-26)22-23-18(14-32-22)17-12-20(30-24-17)16-6-4-5-7-19(16)31-33(3,28)29/h4-7,14-15,20H,8-13H2,1-3H3. The quantitative estimate of drug-likeness (QED) is 0.548. The number of benzene rings is 1. The van der Waals surface area contributed by atoms with Gasteiger partial charge in [-0.05, 0) is 33.0 Å². The molecule has 2 aliphatic heterocycles. The van der Waals surface area contributed by atoms with Crippen LogP contribution in [0.15, 0.2) is 34.8 Å². The van der Waals surface area contributed by atoms with Gasteiger partial charge in [0.15, 0.2) is 6.10 Å². The van der Waals surface area contributed by atoms with Crippen molar-refractivity contribution in [2.45, 2.75) is 31.3 Å². The fraction of sp³-hybridized carbons (Fsp3) is 0.500. The molecule has 0 aliphatic carbocycles. The summed E-state index contributed by atoms with van der Waals surface area (Å²) < 4.78 is 28.3. The third-order valence-electron chi connectivity index (χ3n) is 5.64. The van der Waals surface area contributed by atoms with Crippen LogP contribution in [0, 0.1) is 0 Å². The molecular weight excluding hydrogens is 464 g/mol. The van der Waals surface area contributed by atoms with Crippen LogP contribution in [0.2, 0.25) is 0 Å². The molecule has 2 aliphatic rings. The Morgan fingerprint density at radius 3 is 2.70 bits per heavy atom. The molecule has 2 aromatic rings. The third kappa shape index (κ3) is 5.90. The summed E-state index contributed by atoms with van der Waals surface area (Å²) in [6.45, 7) is 1.93. The molecule has 1 fully saturated rings. The van der Waals surface area contributed by atoms with Gasteiger partial charge in [-0.15, -0.1) is 11.3 Å². The molecule has 0 bridgehead atoms. The number of hydrogen-bond donors (Lipinski definition) is 0. The molecular formula is C22H28N4O5S2. The number of nitrogens with zero attached hydrogens (tertiary/aromatic N) is 4. The van der Waals surface area contributed by atoms with Crippen molar-refractivity contribution in [2.75, 3.05) is 40.0 Å². The number of amides is 1. The minimum atomic E-state index is -3.65. The van der Waals surface area contributed by atoms with Crippen LogP contribution < -0.4 is 4.18 Å². The lowest BCUT2D eigenvalue weighted by Gasteiger charge is -2.31. The monoisotopic (exact) mass is 492 g/mol. The van der Waals surface area contributed by atoms with E-state index in [1.54, 1.807) is 29.5 Å². The lowest BCUT2D eigenvalue weighted by atomic mass is 9.97. The van der Waals surface area contributed by atoms with Crippen molar-refractivity contribution >= 4 is 33.1 Å². The van der Waals surface area contributed by atoms with Gasteiger partial charge in [0.1, 0.15) is 11.5 Å². The van der Waals surface area contributed by atoms with Gasteiger partial charge < -0.3 is 18.8 Å². The SMILES string of the molecule is CN(C)CC(=O)N1CCC(c2nc(C3=NOC(c4ccccc4OS(C)(=O)=O)C3)cs2)CC1. The number of likely N-dealkylation sites (tertiary alicyclic amines) is 1. The molecule has 0 radical (unpaired) electrons. The van der Waals surface area contributed by atoms with Crippen LogP contribution in [-0.4, -0.2) is 74.8 Å². The number of hydrogen-bond acceptors (Lipinski definition) is 9. The van der Waals surface area contributed by atoms with Crippen molar-refractivity contribution in [3.05, 3.63) is 45.9 Å². The van der Waals surface area contributed by atoms with Gasteiger partial charge >= 0.3 is 10.1 Å². The summed E-state index contributed by atoms with van der Waals surface area (Å²) in [4.78, 5) is 26.5. The molecule has 9 nitrogen and oxygen atoms in total.